The number of ether oxygens (including phenoxy) is 3. The lowest BCUT2D eigenvalue weighted by Gasteiger charge is -2.18. The summed E-state index contributed by atoms with van der Waals surface area (Å²) in [6, 6.07) is 0. The molecule has 0 fully saturated rings. The lowest BCUT2D eigenvalue weighted by molar-refractivity contribution is -0.167. The predicted molar refractivity (Wildman–Crippen MR) is 362 cm³/mol. The fraction of sp³-hybridized carbons (Fsp3) is 0.727. The number of carbonyl (C=O) groups excluding carboxylic acids is 3. The Morgan fingerprint density at radius 2 is 0.470 bits per heavy atom. The molecule has 476 valence electrons. The monoisotopic (exact) mass is 1150 g/mol. The van der Waals surface area contributed by atoms with Gasteiger partial charge in [-0.3, -0.25) is 14.4 Å². The van der Waals surface area contributed by atoms with Crippen molar-refractivity contribution in [1.29, 1.82) is 0 Å². The molecule has 0 saturated heterocycles. The summed E-state index contributed by atoms with van der Waals surface area (Å²) in [6.07, 6.45) is 96.7. The summed E-state index contributed by atoms with van der Waals surface area (Å²) in [7, 11) is 0. The maximum atomic E-state index is 13.0. The number of hydrogen-bond acceptors (Lipinski definition) is 6. The molecule has 0 amide bonds. The van der Waals surface area contributed by atoms with Crippen LogP contribution in [0.2, 0.25) is 0 Å². The van der Waals surface area contributed by atoms with Gasteiger partial charge >= 0.3 is 17.9 Å². The molecule has 6 heteroatoms. The van der Waals surface area contributed by atoms with E-state index in [1.807, 2.05) is 0 Å². The van der Waals surface area contributed by atoms with E-state index in [9.17, 15) is 14.4 Å². The van der Waals surface area contributed by atoms with Crippen LogP contribution < -0.4 is 0 Å². The molecular formula is C77H132O6. The minimum absolute atomic E-state index is 0.0797. The minimum Gasteiger partial charge on any atom is -0.462 e. The molecule has 0 saturated carbocycles. The van der Waals surface area contributed by atoms with E-state index >= 15 is 0 Å². The summed E-state index contributed by atoms with van der Waals surface area (Å²) in [4.78, 5) is 38.4. The summed E-state index contributed by atoms with van der Waals surface area (Å²) in [5.74, 6) is -0.878. The molecule has 0 N–H and O–H groups in total. The Kier molecular flexibility index (Phi) is 67.2. The van der Waals surface area contributed by atoms with Crippen molar-refractivity contribution in [3.8, 4) is 0 Å². The van der Waals surface area contributed by atoms with Gasteiger partial charge in [-0.15, -0.1) is 0 Å². The van der Waals surface area contributed by atoms with Gasteiger partial charge in [-0.1, -0.05) is 323 Å². The van der Waals surface area contributed by atoms with E-state index in [0.29, 0.717) is 19.3 Å². The molecule has 0 aromatic rings. The second-order valence-electron chi connectivity index (χ2n) is 23.4. The van der Waals surface area contributed by atoms with Crippen molar-refractivity contribution >= 4 is 17.9 Å². The molecule has 0 aromatic heterocycles. The number of esters is 3. The van der Waals surface area contributed by atoms with Gasteiger partial charge in [-0.2, -0.15) is 0 Å². The van der Waals surface area contributed by atoms with Crippen molar-refractivity contribution in [2.24, 2.45) is 0 Å². The number of allylic oxidation sites excluding steroid dienone is 18. The van der Waals surface area contributed by atoms with E-state index in [1.54, 1.807) is 0 Å². The van der Waals surface area contributed by atoms with Gasteiger partial charge in [0.15, 0.2) is 6.10 Å². The molecular weight excluding hydrogens is 1020 g/mol. The Balaban J connectivity index is 4.33. The molecule has 1 atom stereocenters. The van der Waals surface area contributed by atoms with Gasteiger partial charge in [0.2, 0.25) is 0 Å². The van der Waals surface area contributed by atoms with Gasteiger partial charge in [-0.25, -0.2) is 0 Å². The van der Waals surface area contributed by atoms with Crippen LogP contribution >= 0.6 is 0 Å². The maximum Gasteiger partial charge on any atom is 0.306 e. The molecule has 0 bridgehead atoms. The van der Waals surface area contributed by atoms with Gasteiger partial charge in [0.05, 0.1) is 0 Å². The molecule has 0 aliphatic heterocycles. The van der Waals surface area contributed by atoms with E-state index in [0.717, 1.165) is 116 Å². The van der Waals surface area contributed by atoms with Crippen LogP contribution in [0.15, 0.2) is 109 Å². The first kappa shape index (κ1) is 79.1. The molecule has 0 aliphatic rings. The first-order valence-electron chi connectivity index (χ1n) is 35.4. The number of carbonyl (C=O) groups is 3. The van der Waals surface area contributed by atoms with Crippen LogP contribution in [0.4, 0.5) is 0 Å². The van der Waals surface area contributed by atoms with Crippen molar-refractivity contribution in [1.82, 2.24) is 0 Å². The Labute approximate surface area is 514 Å². The topological polar surface area (TPSA) is 78.9 Å². The predicted octanol–water partition coefficient (Wildman–Crippen LogP) is 24.6. The number of hydrogen-bond donors (Lipinski definition) is 0. The molecule has 0 heterocycles. The molecule has 0 spiro atoms. The molecule has 0 aromatic carbocycles. The minimum atomic E-state index is -0.785. The summed E-state index contributed by atoms with van der Waals surface area (Å²) in [5.41, 5.74) is 0. The van der Waals surface area contributed by atoms with Gasteiger partial charge < -0.3 is 14.2 Å². The quantitative estimate of drug-likeness (QED) is 0.0261. The zero-order valence-electron chi connectivity index (χ0n) is 54.7. The third kappa shape index (κ3) is 68.7. The normalized spacial score (nSPS) is 12.8. The highest BCUT2D eigenvalue weighted by molar-refractivity contribution is 5.71. The van der Waals surface area contributed by atoms with E-state index in [1.165, 1.54) is 186 Å². The Morgan fingerprint density at radius 1 is 0.253 bits per heavy atom. The van der Waals surface area contributed by atoms with E-state index in [-0.39, 0.29) is 31.1 Å². The third-order valence-corrected chi connectivity index (χ3v) is 15.3. The highest BCUT2D eigenvalue weighted by atomic mass is 16.6. The molecule has 6 nitrogen and oxygen atoms in total. The van der Waals surface area contributed by atoms with Gasteiger partial charge in [0.1, 0.15) is 13.2 Å². The average molecular weight is 1150 g/mol. The lowest BCUT2D eigenvalue weighted by atomic mass is 10.0. The van der Waals surface area contributed by atoms with Crippen molar-refractivity contribution in [2.45, 2.75) is 348 Å². The first-order chi connectivity index (χ1) is 41.0. The summed E-state index contributed by atoms with van der Waals surface area (Å²) >= 11 is 0. The molecule has 83 heavy (non-hydrogen) atoms. The van der Waals surface area contributed by atoms with Crippen molar-refractivity contribution in [3.63, 3.8) is 0 Å². The zero-order chi connectivity index (χ0) is 59.9. The smallest absolute Gasteiger partial charge is 0.306 e. The van der Waals surface area contributed by atoms with Crippen molar-refractivity contribution in [2.75, 3.05) is 13.2 Å². The van der Waals surface area contributed by atoms with Gasteiger partial charge in [0, 0.05) is 19.3 Å². The largest absolute Gasteiger partial charge is 0.462 e. The molecule has 0 rings (SSSR count). The SMILES string of the molecule is CC/C=C\C/C=C\C/C=C\C/C=C\C/C=C\C/C=C\CCCCCCCCCCC(=O)OCC(COC(=O)CCCCCCCCCCCCCCC)OC(=O)CCCCCCCCCCCC/C=C\C/C=C\C/C=C\CCCCCCC. The highest BCUT2D eigenvalue weighted by Gasteiger charge is 2.19. The Bertz CT molecular complexity index is 1660. The number of unbranched alkanes of at least 4 members (excludes halogenated alkanes) is 35. The van der Waals surface area contributed by atoms with Crippen LogP contribution in [0.5, 0.6) is 0 Å². The van der Waals surface area contributed by atoms with E-state index < -0.39 is 6.10 Å². The summed E-state index contributed by atoms with van der Waals surface area (Å²) in [6.45, 7) is 6.54. The van der Waals surface area contributed by atoms with E-state index in [2.05, 4.69) is 130 Å². The molecule has 0 radical (unpaired) electrons. The van der Waals surface area contributed by atoms with Gasteiger partial charge in [0.25, 0.3) is 0 Å². The average Bonchev–Trinajstić information content (AvgIpc) is 3.49. The van der Waals surface area contributed by atoms with Crippen LogP contribution in [0.25, 0.3) is 0 Å². The first-order valence-corrected chi connectivity index (χ1v) is 35.4. The van der Waals surface area contributed by atoms with Crippen LogP contribution in [0, 0.1) is 0 Å². The maximum absolute atomic E-state index is 13.0. The highest BCUT2D eigenvalue weighted by Crippen LogP contribution is 2.17. The fourth-order valence-electron chi connectivity index (χ4n) is 9.99. The summed E-state index contributed by atoms with van der Waals surface area (Å²) in [5, 5.41) is 0. The standard InChI is InChI=1S/C77H132O6/c1-4-7-10-13-16-19-22-25-27-29-31-33-35-37-38-40-41-43-45-47-49-52-55-58-61-64-67-70-76(79)82-73-74(72-81-75(78)69-66-63-60-57-54-51-24-21-18-15-12-9-6-3)83-77(80)71-68-65-62-59-56-53-50-48-46-44-42-39-36-34-32-30-28-26-23-20-17-14-11-8-5-2/h7,10,16,19,23,25-27,30-33,36-39,41,43,74H,4-6,8-9,11-15,17-18,20-22,24,28-29,34-35,40,42,44-73H2,1-3H3/b10-7-,19-16-,26-23-,27-25-,32-30-,33-31-,38-37-,39-36-,43-41-. The Morgan fingerprint density at radius 3 is 0.735 bits per heavy atom. The van der Waals surface area contributed by atoms with Crippen LogP contribution in [0.1, 0.15) is 342 Å². The van der Waals surface area contributed by atoms with Crippen LogP contribution in [0.3, 0.4) is 0 Å². The second-order valence-corrected chi connectivity index (χ2v) is 23.4. The summed E-state index contributed by atoms with van der Waals surface area (Å²) < 4.78 is 17.0. The van der Waals surface area contributed by atoms with Crippen molar-refractivity contribution < 1.29 is 28.6 Å². The third-order valence-electron chi connectivity index (χ3n) is 15.3. The van der Waals surface area contributed by atoms with E-state index in [4.69, 9.17) is 14.2 Å². The lowest BCUT2D eigenvalue weighted by Crippen LogP contribution is -2.30. The second kappa shape index (κ2) is 70.6. The Hall–Kier alpha value is -3.93. The van der Waals surface area contributed by atoms with Crippen molar-refractivity contribution in [3.05, 3.63) is 109 Å². The zero-order valence-corrected chi connectivity index (χ0v) is 54.7. The van der Waals surface area contributed by atoms with Crippen LogP contribution in [-0.2, 0) is 28.6 Å². The van der Waals surface area contributed by atoms with Crippen LogP contribution in [-0.4, -0.2) is 37.2 Å². The molecule has 1 unspecified atom stereocenters. The fourth-order valence-corrected chi connectivity index (χ4v) is 9.99. The number of rotatable bonds is 64. The van der Waals surface area contributed by atoms with Gasteiger partial charge in [-0.05, 0) is 109 Å². The molecule has 0 aliphatic carbocycles.